The molecule has 2 aromatic rings. The van der Waals surface area contributed by atoms with Crippen molar-refractivity contribution in [1.29, 1.82) is 0 Å². The summed E-state index contributed by atoms with van der Waals surface area (Å²) in [7, 11) is 3.31. The van der Waals surface area contributed by atoms with Gasteiger partial charge in [-0.05, 0) is 37.2 Å². The molecule has 0 aliphatic heterocycles. The molecule has 9 nitrogen and oxygen atoms in total. The van der Waals surface area contributed by atoms with E-state index in [4.69, 9.17) is 0 Å². The number of aliphatic hydroxyl groups excluding tert-OH is 2. The average Bonchev–Trinajstić information content (AvgIpc) is 3.52. The van der Waals surface area contributed by atoms with Crippen LogP contribution in [0.1, 0.15) is 88.8 Å². The maximum atomic E-state index is 14.0. The zero-order valence-electron chi connectivity index (χ0n) is 27.0. The van der Waals surface area contributed by atoms with Gasteiger partial charge in [-0.15, -0.1) is 11.3 Å². The van der Waals surface area contributed by atoms with E-state index in [2.05, 4.69) is 10.3 Å². The van der Waals surface area contributed by atoms with E-state index in [1.165, 1.54) is 22.7 Å². The topological polar surface area (TPSA) is 123 Å². The van der Waals surface area contributed by atoms with Crippen LogP contribution < -0.4 is 5.32 Å². The van der Waals surface area contributed by atoms with Gasteiger partial charge in [0.15, 0.2) is 0 Å². The Morgan fingerprint density at radius 2 is 1.70 bits per heavy atom. The summed E-state index contributed by atoms with van der Waals surface area (Å²) >= 11 is 1.42. The normalized spacial score (nSPS) is 17.4. The maximum Gasteiger partial charge on any atom is 0.241 e. The SMILES string of the molecule is CC(C)C[C@H](O)[C@H](O)[C@H](CC1CCCCC1)NC(=O)[C@@H](CC(=O)N(CC(=O)N(C)C)[C@@H](C)c1ccccc1)Cc1nccs1. The van der Waals surface area contributed by atoms with Crippen LogP contribution in [0.3, 0.4) is 0 Å². The largest absolute Gasteiger partial charge is 0.390 e. The zero-order valence-corrected chi connectivity index (χ0v) is 27.8. The number of nitrogens with zero attached hydrogens (tertiary/aromatic N) is 3. The number of nitrogens with one attached hydrogen (secondary N) is 1. The molecule has 1 aromatic carbocycles. The lowest BCUT2D eigenvalue weighted by atomic mass is 9.82. The molecule has 1 aromatic heterocycles. The van der Waals surface area contributed by atoms with Gasteiger partial charge in [-0.2, -0.15) is 0 Å². The summed E-state index contributed by atoms with van der Waals surface area (Å²) in [6, 6.07) is 8.51. The van der Waals surface area contributed by atoms with Crippen LogP contribution in [0.2, 0.25) is 0 Å². The molecule has 0 bridgehead atoms. The highest BCUT2D eigenvalue weighted by molar-refractivity contribution is 7.09. The van der Waals surface area contributed by atoms with Crippen LogP contribution in [0.25, 0.3) is 0 Å². The number of carbonyl (C=O) groups is 3. The van der Waals surface area contributed by atoms with Crippen molar-refractivity contribution in [3.63, 3.8) is 0 Å². The van der Waals surface area contributed by atoms with Crippen LogP contribution in [0.15, 0.2) is 41.9 Å². The van der Waals surface area contributed by atoms with E-state index in [1.54, 1.807) is 25.2 Å². The number of benzene rings is 1. The first-order valence-corrected chi connectivity index (χ1v) is 16.9. The van der Waals surface area contributed by atoms with Gasteiger partial charge in [0.05, 0.1) is 29.1 Å². The van der Waals surface area contributed by atoms with Crippen LogP contribution in [-0.2, 0) is 20.8 Å². The van der Waals surface area contributed by atoms with Gasteiger partial charge >= 0.3 is 0 Å². The molecular weight excluding hydrogens is 576 g/mol. The van der Waals surface area contributed by atoms with Crippen molar-refractivity contribution < 1.29 is 24.6 Å². The highest BCUT2D eigenvalue weighted by atomic mass is 32.1. The van der Waals surface area contributed by atoms with Crippen molar-refractivity contribution in [3.8, 4) is 0 Å². The Morgan fingerprint density at radius 3 is 2.30 bits per heavy atom. The van der Waals surface area contributed by atoms with Crippen LogP contribution in [0.4, 0.5) is 0 Å². The molecule has 5 atom stereocenters. The van der Waals surface area contributed by atoms with Crippen molar-refractivity contribution in [3.05, 3.63) is 52.5 Å². The van der Waals surface area contributed by atoms with Crippen LogP contribution >= 0.6 is 11.3 Å². The number of likely N-dealkylation sites (N-methyl/N-ethyl adjacent to an activating group) is 1. The summed E-state index contributed by atoms with van der Waals surface area (Å²) in [5.41, 5.74) is 0.892. The Bertz CT molecular complexity index is 1150. The van der Waals surface area contributed by atoms with E-state index >= 15 is 0 Å². The van der Waals surface area contributed by atoms with E-state index in [-0.39, 0.29) is 49.1 Å². The Labute approximate surface area is 267 Å². The van der Waals surface area contributed by atoms with E-state index in [0.29, 0.717) is 18.8 Å². The second kappa shape index (κ2) is 17.6. The second-order valence-electron chi connectivity index (χ2n) is 13.0. The highest BCUT2D eigenvalue weighted by Gasteiger charge is 2.35. The molecule has 0 radical (unpaired) electrons. The predicted octanol–water partition coefficient (Wildman–Crippen LogP) is 4.59. The number of aliphatic hydroxyl groups is 2. The summed E-state index contributed by atoms with van der Waals surface area (Å²) < 4.78 is 0. The minimum atomic E-state index is -1.12. The van der Waals surface area contributed by atoms with Crippen molar-refractivity contribution in [1.82, 2.24) is 20.1 Å². The lowest BCUT2D eigenvalue weighted by molar-refractivity contribution is -0.143. The molecular formula is C34H52N4O5S. The quantitative estimate of drug-likeness (QED) is 0.250. The monoisotopic (exact) mass is 628 g/mol. The predicted molar refractivity (Wildman–Crippen MR) is 174 cm³/mol. The van der Waals surface area contributed by atoms with Crippen LogP contribution in [0.5, 0.6) is 0 Å². The van der Waals surface area contributed by atoms with E-state index in [0.717, 1.165) is 36.3 Å². The van der Waals surface area contributed by atoms with Crippen molar-refractivity contribution in [2.45, 2.75) is 103 Å². The molecule has 1 heterocycles. The molecule has 3 N–H and O–H groups in total. The Balaban J connectivity index is 1.86. The van der Waals surface area contributed by atoms with Gasteiger partial charge in [0.2, 0.25) is 17.7 Å². The number of rotatable bonds is 16. The summed E-state index contributed by atoms with van der Waals surface area (Å²) in [6.07, 6.45) is 6.23. The fourth-order valence-electron chi connectivity index (χ4n) is 6.05. The van der Waals surface area contributed by atoms with Gasteiger partial charge < -0.3 is 25.3 Å². The lowest BCUT2D eigenvalue weighted by Gasteiger charge is -2.34. The molecule has 44 heavy (non-hydrogen) atoms. The highest BCUT2D eigenvalue weighted by Crippen LogP contribution is 2.30. The molecule has 3 rings (SSSR count). The smallest absolute Gasteiger partial charge is 0.241 e. The van der Waals surface area contributed by atoms with Gasteiger partial charge in [-0.25, -0.2) is 4.98 Å². The first kappa shape index (κ1) is 35.7. The number of thiazole rings is 1. The molecule has 10 heteroatoms. The first-order valence-electron chi connectivity index (χ1n) is 16.1. The Kier molecular flexibility index (Phi) is 14.3. The van der Waals surface area contributed by atoms with E-state index in [9.17, 15) is 24.6 Å². The number of aromatic nitrogens is 1. The van der Waals surface area contributed by atoms with Gasteiger partial charge in [0.1, 0.15) is 12.6 Å². The molecule has 0 spiro atoms. The number of carbonyl (C=O) groups excluding carboxylic acids is 3. The lowest BCUT2D eigenvalue weighted by Crippen LogP contribution is -2.52. The summed E-state index contributed by atoms with van der Waals surface area (Å²) in [5.74, 6) is -1.10. The van der Waals surface area contributed by atoms with Crippen molar-refractivity contribution >= 4 is 29.1 Å². The minimum Gasteiger partial charge on any atom is -0.390 e. The molecule has 244 valence electrons. The van der Waals surface area contributed by atoms with Gasteiger partial charge in [0.25, 0.3) is 0 Å². The average molecular weight is 629 g/mol. The van der Waals surface area contributed by atoms with Gasteiger partial charge in [-0.1, -0.05) is 76.3 Å². The first-order chi connectivity index (χ1) is 21.0. The number of hydrogen-bond acceptors (Lipinski definition) is 7. The molecule has 1 fully saturated rings. The molecule has 1 saturated carbocycles. The fraction of sp³-hybridized carbons (Fsp3) is 0.647. The van der Waals surface area contributed by atoms with E-state index in [1.807, 2.05) is 56.5 Å². The molecule has 1 aliphatic carbocycles. The maximum absolute atomic E-state index is 14.0. The number of hydrogen-bond donors (Lipinski definition) is 3. The second-order valence-corrected chi connectivity index (χ2v) is 13.9. The minimum absolute atomic E-state index is 0.113. The standard InChI is InChI=1S/C34H52N4O5S/c1-23(2)18-29(39)33(42)28(19-25-12-8-6-9-13-25)36-34(43)27(20-30-35-16-17-44-30)21-31(40)38(22-32(41)37(4)5)24(3)26-14-10-7-11-15-26/h7,10-11,14-17,23-25,27-29,33,39,42H,6,8-9,12-13,18-22H2,1-5H3,(H,36,43)/t24-,27+,28-,29-,33+/m0/s1. The summed E-state index contributed by atoms with van der Waals surface area (Å²) in [5, 5.41) is 27.8. The Morgan fingerprint density at radius 1 is 1.02 bits per heavy atom. The molecule has 0 unspecified atom stereocenters. The van der Waals surface area contributed by atoms with Crippen LogP contribution in [-0.4, -0.2) is 81.6 Å². The third kappa shape index (κ3) is 11.0. The third-order valence-electron chi connectivity index (χ3n) is 8.73. The van der Waals surface area contributed by atoms with Crippen molar-refractivity contribution in [2.75, 3.05) is 20.6 Å². The van der Waals surface area contributed by atoms with Gasteiger partial charge in [-0.3, -0.25) is 14.4 Å². The number of amides is 3. The summed E-state index contributed by atoms with van der Waals surface area (Å²) in [6.45, 7) is 5.75. The Hall–Kier alpha value is -2.82. The fourth-order valence-corrected chi connectivity index (χ4v) is 6.74. The zero-order chi connectivity index (χ0) is 32.2. The molecule has 1 aliphatic rings. The summed E-state index contributed by atoms with van der Waals surface area (Å²) in [4.78, 5) is 48.2. The third-order valence-corrected chi connectivity index (χ3v) is 9.53. The molecule has 3 amide bonds. The van der Waals surface area contributed by atoms with Crippen LogP contribution in [0, 0.1) is 17.8 Å². The van der Waals surface area contributed by atoms with Crippen molar-refractivity contribution in [2.24, 2.45) is 17.8 Å². The molecule has 0 saturated heterocycles. The van der Waals surface area contributed by atoms with Gasteiger partial charge in [0, 0.05) is 38.5 Å². The van der Waals surface area contributed by atoms with E-state index < -0.39 is 24.2 Å².